The van der Waals surface area contributed by atoms with Gasteiger partial charge in [0, 0.05) is 0 Å². The number of benzene rings is 2. The Labute approximate surface area is 145 Å². The fourth-order valence-corrected chi connectivity index (χ4v) is 3.44. The Balaban J connectivity index is 1.82. The second kappa shape index (κ2) is 6.16. The molecule has 0 atom stereocenters. The SMILES string of the molecule is COc1ccc(C2=Cc3cc4c(cc3CC2)OCO4)c(C=O)c1OC. The van der Waals surface area contributed by atoms with Crippen LogP contribution in [-0.4, -0.2) is 27.3 Å². The first kappa shape index (κ1) is 15.6. The highest BCUT2D eigenvalue weighted by atomic mass is 16.7. The van der Waals surface area contributed by atoms with Crippen molar-refractivity contribution >= 4 is 17.9 Å². The van der Waals surface area contributed by atoms with Gasteiger partial charge in [-0.15, -0.1) is 0 Å². The minimum absolute atomic E-state index is 0.264. The van der Waals surface area contributed by atoms with Crippen molar-refractivity contribution in [1.29, 1.82) is 0 Å². The van der Waals surface area contributed by atoms with Gasteiger partial charge in [-0.1, -0.05) is 12.1 Å². The molecular weight excluding hydrogens is 320 g/mol. The molecule has 0 saturated carbocycles. The molecule has 2 aliphatic rings. The quantitative estimate of drug-likeness (QED) is 0.795. The molecule has 1 heterocycles. The molecule has 0 aromatic heterocycles. The number of hydrogen-bond acceptors (Lipinski definition) is 5. The van der Waals surface area contributed by atoms with E-state index in [1.807, 2.05) is 24.3 Å². The number of carbonyl (C=O) groups excluding carboxylic acids is 1. The molecule has 0 amide bonds. The summed E-state index contributed by atoms with van der Waals surface area (Å²) in [5.41, 5.74) is 4.79. The van der Waals surface area contributed by atoms with Crippen molar-refractivity contribution in [2.24, 2.45) is 0 Å². The largest absolute Gasteiger partial charge is 0.493 e. The van der Waals surface area contributed by atoms with Gasteiger partial charge in [0.25, 0.3) is 0 Å². The van der Waals surface area contributed by atoms with Crippen molar-refractivity contribution in [3.63, 3.8) is 0 Å². The first-order chi connectivity index (χ1) is 12.2. The molecule has 0 saturated heterocycles. The molecule has 128 valence electrons. The summed E-state index contributed by atoms with van der Waals surface area (Å²) in [4.78, 5) is 11.7. The monoisotopic (exact) mass is 338 g/mol. The number of aryl methyl sites for hydroxylation is 1. The van der Waals surface area contributed by atoms with Crippen molar-refractivity contribution in [2.75, 3.05) is 21.0 Å². The molecule has 2 aromatic rings. The number of aldehydes is 1. The van der Waals surface area contributed by atoms with Gasteiger partial charge in [0.05, 0.1) is 19.8 Å². The van der Waals surface area contributed by atoms with E-state index in [2.05, 4.69) is 6.08 Å². The van der Waals surface area contributed by atoms with E-state index in [0.29, 0.717) is 17.1 Å². The Morgan fingerprint density at radius 3 is 2.56 bits per heavy atom. The van der Waals surface area contributed by atoms with Crippen molar-refractivity contribution in [3.8, 4) is 23.0 Å². The molecule has 1 aliphatic carbocycles. The van der Waals surface area contributed by atoms with E-state index in [1.54, 1.807) is 14.2 Å². The Bertz CT molecular complexity index is 882. The molecule has 1 aliphatic heterocycles. The summed E-state index contributed by atoms with van der Waals surface area (Å²) in [6, 6.07) is 7.78. The van der Waals surface area contributed by atoms with Crippen LogP contribution in [0.3, 0.4) is 0 Å². The second-order valence-electron chi connectivity index (χ2n) is 5.95. The van der Waals surface area contributed by atoms with Gasteiger partial charge in [-0.25, -0.2) is 0 Å². The van der Waals surface area contributed by atoms with Gasteiger partial charge in [-0.3, -0.25) is 4.79 Å². The van der Waals surface area contributed by atoms with Gasteiger partial charge in [-0.05, 0) is 53.3 Å². The van der Waals surface area contributed by atoms with Gasteiger partial charge >= 0.3 is 0 Å². The van der Waals surface area contributed by atoms with Crippen LogP contribution in [0.25, 0.3) is 11.6 Å². The third kappa shape index (κ3) is 2.52. The molecule has 0 bridgehead atoms. The Morgan fingerprint density at radius 1 is 1.04 bits per heavy atom. The van der Waals surface area contributed by atoms with Crippen LogP contribution in [-0.2, 0) is 6.42 Å². The molecule has 0 spiro atoms. The van der Waals surface area contributed by atoms with Crippen LogP contribution >= 0.6 is 0 Å². The zero-order chi connectivity index (χ0) is 17.4. The third-order valence-electron chi connectivity index (χ3n) is 4.68. The van der Waals surface area contributed by atoms with Crippen LogP contribution < -0.4 is 18.9 Å². The third-order valence-corrected chi connectivity index (χ3v) is 4.68. The van der Waals surface area contributed by atoms with E-state index in [4.69, 9.17) is 18.9 Å². The van der Waals surface area contributed by atoms with Crippen LogP contribution in [0.1, 0.15) is 33.5 Å². The highest BCUT2D eigenvalue weighted by Gasteiger charge is 2.22. The van der Waals surface area contributed by atoms with E-state index in [1.165, 1.54) is 5.56 Å². The lowest BCUT2D eigenvalue weighted by Crippen LogP contribution is -2.04. The van der Waals surface area contributed by atoms with Crippen LogP contribution in [0.5, 0.6) is 23.0 Å². The highest BCUT2D eigenvalue weighted by Crippen LogP contribution is 2.42. The zero-order valence-corrected chi connectivity index (χ0v) is 14.1. The average molecular weight is 338 g/mol. The van der Waals surface area contributed by atoms with Crippen molar-refractivity contribution in [3.05, 3.63) is 46.5 Å². The number of methoxy groups -OCH3 is 2. The van der Waals surface area contributed by atoms with Gasteiger partial charge in [0.1, 0.15) is 0 Å². The number of hydrogen-bond donors (Lipinski definition) is 0. The lowest BCUT2D eigenvalue weighted by molar-refractivity contribution is 0.111. The molecule has 0 N–H and O–H groups in total. The Morgan fingerprint density at radius 2 is 1.84 bits per heavy atom. The average Bonchev–Trinajstić information content (AvgIpc) is 3.11. The number of fused-ring (bicyclic) bond motifs is 2. The molecule has 0 unspecified atom stereocenters. The maximum Gasteiger partial charge on any atom is 0.231 e. The lowest BCUT2D eigenvalue weighted by atomic mass is 9.86. The number of rotatable bonds is 4. The van der Waals surface area contributed by atoms with E-state index in [0.717, 1.165) is 47.3 Å². The van der Waals surface area contributed by atoms with Gasteiger partial charge in [-0.2, -0.15) is 0 Å². The van der Waals surface area contributed by atoms with Gasteiger partial charge < -0.3 is 18.9 Å². The van der Waals surface area contributed by atoms with E-state index in [-0.39, 0.29) is 6.79 Å². The fraction of sp³-hybridized carbons (Fsp3) is 0.250. The van der Waals surface area contributed by atoms with Gasteiger partial charge in [0.2, 0.25) is 6.79 Å². The van der Waals surface area contributed by atoms with Crippen LogP contribution in [0.15, 0.2) is 24.3 Å². The lowest BCUT2D eigenvalue weighted by Gasteiger charge is -2.20. The minimum atomic E-state index is 0.264. The summed E-state index contributed by atoms with van der Waals surface area (Å²) in [6.45, 7) is 0.264. The minimum Gasteiger partial charge on any atom is -0.493 e. The molecule has 0 radical (unpaired) electrons. The first-order valence-electron chi connectivity index (χ1n) is 8.08. The number of allylic oxidation sites excluding steroid dienone is 1. The van der Waals surface area contributed by atoms with Crippen molar-refractivity contribution in [2.45, 2.75) is 12.8 Å². The zero-order valence-electron chi connectivity index (χ0n) is 14.1. The summed E-state index contributed by atoms with van der Waals surface area (Å²) in [7, 11) is 3.10. The fourth-order valence-electron chi connectivity index (χ4n) is 3.44. The van der Waals surface area contributed by atoms with Crippen molar-refractivity contribution in [1.82, 2.24) is 0 Å². The number of ether oxygens (including phenoxy) is 4. The van der Waals surface area contributed by atoms with Crippen LogP contribution in [0.4, 0.5) is 0 Å². The molecule has 0 fully saturated rings. The maximum absolute atomic E-state index is 11.7. The van der Waals surface area contributed by atoms with E-state index < -0.39 is 0 Å². The highest BCUT2D eigenvalue weighted by molar-refractivity contribution is 5.95. The molecule has 5 nitrogen and oxygen atoms in total. The van der Waals surface area contributed by atoms with E-state index in [9.17, 15) is 4.79 Å². The predicted molar refractivity (Wildman–Crippen MR) is 93.7 cm³/mol. The molecule has 2 aromatic carbocycles. The second-order valence-corrected chi connectivity index (χ2v) is 5.95. The maximum atomic E-state index is 11.7. The summed E-state index contributed by atoms with van der Waals surface area (Å²) >= 11 is 0. The molecule has 5 heteroatoms. The summed E-state index contributed by atoms with van der Waals surface area (Å²) in [5, 5.41) is 0. The van der Waals surface area contributed by atoms with Crippen LogP contribution in [0.2, 0.25) is 0 Å². The van der Waals surface area contributed by atoms with E-state index >= 15 is 0 Å². The van der Waals surface area contributed by atoms with Crippen LogP contribution in [0, 0.1) is 0 Å². The summed E-state index contributed by atoms with van der Waals surface area (Å²) in [5.74, 6) is 2.58. The normalized spacial score (nSPS) is 14.6. The number of carbonyl (C=O) groups is 1. The summed E-state index contributed by atoms with van der Waals surface area (Å²) < 4.78 is 21.6. The van der Waals surface area contributed by atoms with Crippen molar-refractivity contribution < 1.29 is 23.7 Å². The standard InChI is InChI=1S/C20H18O5/c1-22-17-6-5-15(16(10-21)20(17)23-2)13-4-3-12-8-18-19(25-11-24-18)9-14(12)7-13/h5-10H,3-4,11H2,1-2H3. The smallest absolute Gasteiger partial charge is 0.231 e. The summed E-state index contributed by atoms with van der Waals surface area (Å²) in [6.07, 6.45) is 4.65. The molecule has 4 rings (SSSR count). The Kier molecular flexibility index (Phi) is 3.84. The Hall–Kier alpha value is -2.95. The predicted octanol–water partition coefficient (Wildman–Crippen LogP) is 3.73. The topological polar surface area (TPSA) is 54.0 Å². The molecule has 25 heavy (non-hydrogen) atoms. The van der Waals surface area contributed by atoms with Gasteiger partial charge in [0.15, 0.2) is 29.3 Å². The molecular formula is C20H18O5. The first-order valence-corrected chi connectivity index (χ1v) is 8.08.